The van der Waals surface area contributed by atoms with Crippen LogP contribution in [0.3, 0.4) is 0 Å². The second kappa shape index (κ2) is 13.2. The average Bonchev–Trinajstić information content (AvgIpc) is 3.29. The van der Waals surface area contributed by atoms with Crippen molar-refractivity contribution in [1.82, 2.24) is 34.7 Å². The fourth-order valence-corrected chi connectivity index (χ4v) is 3.43. The van der Waals surface area contributed by atoms with Crippen molar-refractivity contribution in [2.45, 2.75) is 39.3 Å². The molecule has 3 amide bonds. The molecule has 0 saturated carbocycles. The molecule has 0 saturated heterocycles. The summed E-state index contributed by atoms with van der Waals surface area (Å²) in [5, 5.41) is 13.8. The van der Waals surface area contributed by atoms with Gasteiger partial charge in [0.15, 0.2) is 11.2 Å². The van der Waals surface area contributed by atoms with E-state index in [0.717, 1.165) is 0 Å². The van der Waals surface area contributed by atoms with Gasteiger partial charge in [0.25, 0.3) is 5.56 Å². The Morgan fingerprint density at radius 1 is 1.26 bits per heavy atom. The highest BCUT2D eigenvalue weighted by Gasteiger charge is 2.21. The van der Waals surface area contributed by atoms with E-state index in [2.05, 4.69) is 30.6 Å². The number of aromatic amines is 1. The summed E-state index contributed by atoms with van der Waals surface area (Å²) in [4.78, 5) is 66.0. The Morgan fingerprint density at radius 3 is 2.72 bits per heavy atom. The second-order valence-corrected chi connectivity index (χ2v) is 9.32. The van der Waals surface area contributed by atoms with E-state index in [9.17, 15) is 19.2 Å². The third-order valence-corrected chi connectivity index (χ3v) is 5.39. The van der Waals surface area contributed by atoms with Crippen molar-refractivity contribution >= 4 is 34.8 Å². The summed E-state index contributed by atoms with van der Waals surface area (Å²) >= 11 is 0. The lowest BCUT2D eigenvalue weighted by Crippen LogP contribution is -2.44. The summed E-state index contributed by atoms with van der Waals surface area (Å²) in [5.74, 6) is 0.116. The van der Waals surface area contributed by atoms with Crippen LogP contribution in [0.1, 0.15) is 32.5 Å². The van der Waals surface area contributed by atoms with Gasteiger partial charge in [0, 0.05) is 20.3 Å². The summed E-state index contributed by atoms with van der Waals surface area (Å²) in [6.45, 7) is 4.53. The molecular formula is C25H32N8O6. The lowest BCUT2D eigenvalue weighted by Gasteiger charge is -2.16. The largest absolute Gasteiger partial charge is 0.476 e. The summed E-state index contributed by atoms with van der Waals surface area (Å²) in [6, 6.07) is 1.85. The van der Waals surface area contributed by atoms with E-state index in [-0.39, 0.29) is 31.0 Å². The standard InChI is InChI=1S/C25H32N8O6/c1-15(2)13-39-23-20-21(26-14-27-23)31-18(30-20)12-33-11-7-9-17(24(33)36)28-22(35)16(29-25(37)38)8-5-6-10-19(34)32(3)4/h6-7,9-11,14-16,29H,5,8,12-13H2,1-4H3,(H,28,35)(H,37,38)(H,26,27,30,31). The van der Waals surface area contributed by atoms with E-state index in [1.165, 1.54) is 34.1 Å². The van der Waals surface area contributed by atoms with E-state index < -0.39 is 23.6 Å². The van der Waals surface area contributed by atoms with E-state index in [1.807, 2.05) is 13.8 Å². The van der Waals surface area contributed by atoms with Gasteiger partial charge >= 0.3 is 6.09 Å². The van der Waals surface area contributed by atoms with Gasteiger partial charge in [0.2, 0.25) is 17.7 Å². The average molecular weight is 541 g/mol. The molecule has 0 aliphatic carbocycles. The van der Waals surface area contributed by atoms with Crippen molar-refractivity contribution in [3.8, 4) is 5.88 Å². The van der Waals surface area contributed by atoms with Crippen LogP contribution in [0, 0.1) is 5.92 Å². The Labute approximate surface area is 224 Å². The SMILES string of the molecule is CC(C)COc1ncnc2[nH]c(Cn3cccc(NC(=O)C(CCC=CC(=O)N(C)C)NC(=O)O)c3=O)nc12. The van der Waals surface area contributed by atoms with Crippen LogP contribution in [0.15, 0.2) is 41.6 Å². The van der Waals surface area contributed by atoms with E-state index in [0.29, 0.717) is 35.4 Å². The Kier molecular flexibility index (Phi) is 9.73. The molecule has 208 valence electrons. The number of likely N-dealkylation sites (N-methyl/N-ethyl adjacent to an activating group) is 1. The quantitative estimate of drug-likeness (QED) is 0.248. The van der Waals surface area contributed by atoms with Gasteiger partial charge < -0.3 is 34.9 Å². The smallest absolute Gasteiger partial charge is 0.405 e. The molecule has 14 nitrogen and oxygen atoms in total. The first-order valence-corrected chi connectivity index (χ1v) is 12.2. The predicted molar refractivity (Wildman–Crippen MR) is 142 cm³/mol. The van der Waals surface area contributed by atoms with Gasteiger partial charge in [-0.25, -0.2) is 14.8 Å². The molecular weight excluding hydrogens is 508 g/mol. The van der Waals surface area contributed by atoms with Crippen LogP contribution in [0.25, 0.3) is 11.2 Å². The molecule has 3 aromatic rings. The number of carbonyl (C=O) groups is 3. The molecule has 1 unspecified atom stereocenters. The molecule has 3 rings (SSSR count). The number of amides is 3. The Hall–Kier alpha value is -4.75. The predicted octanol–water partition coefficient (Wildman–Crippen LogP) is 1.60. The minimum absolute atomic E-state index is 0.0325. The molecule has 0 aromatic carbocycles. The lowest BCUT2D eigenvalue weighted by molar-refractivity contribution is -0.123. The topological polar surface area (TPSA) is 184 Å². The number of pyridine rings is 1. The van der Waals surface area contributed by atoms with Crippen molar-refractivity contribution < 1.29 is 24.2 Å². The van der Waals surface area contributed by atoms with Gasteiger partial charge in [-0.1, -0.05) is 19.9 Å². The number of allylic oxidation sites excluding steroid dienone is 1. The number of hydrogen-bond acceptors (Lipinski definition) is 8. The van der Waals surface area contributed by atoms with Crippen molar-refractivity contribution in [2.75, 3.05) is 26.0 Å². The summed E-state index contributed by atoms with van der Waals surface area (Å²) in [5.41, 5.74) is 0.351. The highest BCUT2D eigenvalue weighted by molar-refractivity contribution is 5.96. The molecule has 0 aliphatic heterocycles. The molecule has 39 heavy (non-hydrogen) atoms. The number of nitrogens with zero attached hydrogens (tertiary/aromatic N) is 5. The van der Waals surface area contributed by atoms with E-state index in [1.54, 1.807) is 26.2 Å². The van der Waals surface area contributed by atoms with Crippen molar-refractivity contribution in [1.29, 1.82) is 0 Å². The fourth-order valence-electron chi connectivity index (χ4n) is 3.43. The van der Waals surface area contributed by atoms with Gasteiger partial charge in [0.05, 0.1) is 13.2 Å². The maximum absolute atomic E-state index is 13.1. The number of rotatable bonds is 12. The number of carbonyl (C=O) groups excluding carboxylic acids is 2. The fraction of sp³-hybridized carbons (Fsp3) is 0.400. The van der Waals surface area contributed by atoms with Crippen LogP contribution >= 0.6 is 0 Å². The summed E-state index contributed by atoms with van der Waals surface area (Å²) < 4.78 is 7.06. The minimum atomic E-state index is -1.39. The first-order chi connectivity index (χ1) is 18.5. The zero-order valence-electron chi connectivity index (χ0n) is 22.2. The highest BCUT2D eigenvalue weighted by atomic mass is 16.5. The summed E-state index contributed by atoms with van der Waals surface area (Å²) in [6.07, 6.45) is 4.74. The van der Waals surface area contributed by atoms with Crippen LogP contribution in [0.4, 0.5) is 10.5 Å². The maximum Gasteiger partial charge on any atom is 0.405 e. The maximum atomic E-state index is 13.1. The van der Waals surface area contributed by atoms with Crippen molar-refractivity contribution in [2.24, 2.45) is 5.92 Å². The van der Waals surface area contributed by atoms with Gasteiger partial charge in [-0.15, -0.1) is 0 Å². The zero-order chi connectivity index (χ0) is 28.5. The molecule has 4 N–H and O–H groups in total. The van der Waals surface area contributed by atoms with Gasteiger partial charge in [-0.3, -0.25) is 14.4 Å². The van der Waals surface area contributed by atoms with Crippen LogP contribution < -0.4 is 20.9 Å². The number of imidazole rings is 1. The van der Waals surface area contributed by atoms with Gasteiger partial charge in [-0.05, 0) is 37.0 Å². The first kappa shape index (κ1) is 28.8. The number of H-pyrrole nitrogens is 1. The third kappa shape index (κ3) is 8.12. The Bertz CT molecular complexity index is 1410. The van der Waals surface area contributed by atoms with E-state index >= 15 is 0 Å². The zero-order valence-corrected chi connectivity index (χ0v) is 22.2. The number of carboxylic acid groups (broad SMARTS) is 1. The summed E-state index contributed by atoms with van der Waals surface area (Å²) in [7, 11) is 3.20. The lowest BCUT2D eigenvalue weighted by atomic mass is 10.1. The molecule has 3 heterocycles. The van der Waals surface area contributed by atoms with Crippen molar-refractivity contribution in [3.05, 3.63) is 53.0 Å². The molecule has 1 atom stereocenters. The van der Waals surface area contributed by atoms with Crippen LogP contribution in [0.5, 0.6) is 5.88 Å². The highest BCUT2D eigenvalue weighted by Crippen LogP contribution is 2.19. The molecule has 3 aromatic heterocycles. The third-order valence-electron chi connectivity index (χ3n) is 5.39. The second-order valence-electron chi connectivity index (χ2n) is 9.32. The Morgan fingerprint density at radius 2 is 2.03 bits per heavy atom. The number of aromatic nitrogens is 5. The van der Waals surface area contributed by atoms with E-state index in [4.69, 9.17) is 9.84 Å². The minimum Gasteiger partial charge on any atom is -0.476 e. The number of hydrogen-bond donors (Lipinski definition) is 4. The number of anilines is 1. The number of fused-ring (bicyclic) bond motifs is 1. The normalized spacial score (nSPS) is 12.0. The molecule has 0 spiro atoms. The number of ether oxygens (including phenoxy) is 1. The number of nitrogens with one attached hydrogen (secondary N) is 3. The van der Waals surface area contributed by atoms with Crippen molar-refractivity contribution in [3.63, 3.8) is 0 Å². The molecule has 0 fully saturated rings. The molecule has 0 bridgehead atoms. The van der Waals surface area contributed by atoms with Gasteiger partial charge in [-0.2, -0.15) is 4.98 Å². The van der Waals surface area contributed by atoms with Crippen LogP contribution in [-0.2, 0) is 16.1 Å². The van der Waals surface area contributed by atoms with Crippen LogP contribution in [0.2, 0.25) is 0 Å². The molecule has 14 heteroatoms. The van der Waals surface area contributed by atoms with Crippen LogP contribution in [-0.4, -0.2) is 79.2 Å². The Balaban J connectivity index is 1.73. The first-order valence-electron chi connectivity index (χ1n) is 12.2. The molecule has 0 radical (unpaired) electrons. The monoisotopic (exact) mass is 540 g/mol. The van der Waals surface area contributed by atoms with Gasteiger partial charge in [0.1, 0.15) is 23.9 Å². The molecule has 0 aliphatic rings.